The monoisotopic (exact) mass is 168 g/mol. The molecule has 70 valence electrons. The maximum absolute atomic E-state index is 11.5. The third-order valence-corrected chi connectivity index (χ3v) is 3.38. The molecule has 0 aromatic rings. The standard InChI is InChI=1S/C11H20O/c1-8(12)9-10(2,3)6-7-11(9,4)5/h9H,6-7H2,1-5H3. The van der Waals surface area contributed by atoms with Gasteiger partial charge in [0.15, 0.2) is 0 Å². The van der Waals surface area contributed by atoms with Gasteiger partial charge >= 0.3 is 0 Å². The summed E-state index contributed by atoms with van der Waals surface area (Å²) in [6.07, 6.45) is 2.37. The van der Waals surface area contributed by atoms with Crippen LogP contribution in [0.4, 0.5) is 0 Å². The first-order chi connectivity index (χ1) is 5.27. The highest BCUT2D eigenvalue weighted by molar-refractivity contribution is 5.80. The average molecular weight is 168 g/mol. The fourth-order valence-electron chi connectivity index (χ4n) is 3.09. The van der Waals surface area contributed by atoms with Crippen molar-refractivity contribution < 1.29 is 4.79 Å². The number of rotatable bonds is 1. The molecule has 0 aromatic carbocycles. The summed E-state index contributed by atoms with van der Waals surface area (Å²) in [5.41, 5.74) is 0.435. The van der Waals surface area contributed by atoms with E-state index in [1.807, 2.05) is 0 Å². The molecule has 1 heteroatoms. The molecule has 0 aromatic heterocycles. The topological polar surface area (TPSA) is 17.1 Å². The lowest BCUT2D eigenvalue weighted by Crippen LogP contribution is -2.33. The SMILES string of the molecule is CC(=O)C1C(C)(C)CCC1(C)C. The van der Waals surface area contributed by atoms with E-state index in [4.69, 9.17) is 0 Å². The van der Waals surface area contributed by atoms with E-state index in [1.54, 1.807) is 6.92 Å². The van der Waals surface area contributed by atoms with Crippen LogP contribution in [0.3, 0.4) is 0 Å². The molecule has 0 saturated heterocycles. The molecule has 0 radical (unpaired) electrons. The van der Waals surface area contributed by atoms with Crippen molar-refractivity contribution in [3.63, 3.8) is 0 Å². The van der Waals surface area contributed by atoms with Crippen LogP contribution in [-0.4, -0.2) is 5.78 Å². The summed E-state index contributed by atoms with van der Waals surface area (Å²) in [5.74, 6) is 0.618. The molecule has 1 nitrogen and oxygen atoms in total. The maximum Gasteiger partial charge on any atom is 0.133 e. The zero-order valence-electron chi connectivity index (χ0n) is 8.90. The summed E-state index contributed by atoms with van der Waals surface area (Å²) in [4.78, 5) is 11.5. The maximum atomic E-state index is 11.5. The lowest BCUT2D eigenvalue weighted by molar-refractivity contribution is -0.126. The Morgan fingerprint density at radius 3 is 1.58 bits per heavy atom. The van der Waals surface area contributed by atoms with Gasteiger partial charge in [-0.2, -0.15) is 0 Å². The van der Waals surface area contributed by atoms with Crippen LogP contribution in [-0.2, 0) is 4.79 Å². The second-order valence-electron chi connectivity index (χ2n) is 5.52. The van der Waals surface area contributed by atoms with Crippen LogP contribution in [0.2, 0.25) is 0 Å². The Morgan fingerprint density at radius 2 is 1.42 bits per heavy atom. The van der Waals surface area contributed by atoms with E-state index in [1.165, 1.54) is 12.8 Å². The summed E-state index contributed by atoms with van der Waals surface area (Å²) in [6, 6.07) is 0. The molecular weight excluding hydrogens is 148 g/mol. The van der Waals surface area contributed by atoms with Gasteiger partial charge in [-0.25, -0.2) is 0 Å². The molecule has 1 aliphatic carbocycles. The van der Waals surface area contributed by atoms with Gasteiger partial charge < -0.3 is 0 Å². The second-order valence-corrected chi connectivity index (χ2v) is 5.52. The van der Waals surface area contributed by atoms with Crippen molar-refractivity contribution >= 4 is 5.78 Å². The predicted octanol–water partition coefficient (Wildman–Crippen LogP) is 3.04. The average Bonchev–Trinajstić information content (AvgIpc) is 2.01. The molecule has 0 amide bonds. The Labute approximate surface area is 75.5 Å². The van der Waals surface area contributed by atoms with E-state index in [9.17, 15) is 4.79 Å². The molecule has 0 unspecified atom stereocenters. The van der Waals surface area contributed by atoms with E-state index in [0.29, 0.717) is 5.78 Å². The third kappa shape index (κ3) is 1.41. The van der Waals surface area contributed by atoms with Crippen LogP contribution in [0.5, 0.6) is 0 Å². The molecule has 0 atom stereocenters. The van der Waals surface area contributed by atoms with E-state index in [-0.39, 0.29) is 16.7 Å². The Morgan fingerprint density at radius 1 is 1.08 bits per heavy atom. The number of Topliss-reactive ketones (excluding diaryl/α,β-unsaturated/α-hetero) is 1. The van der Waals surface area contributed by atoms with Crippen molar-refractivity contribution in [3.05, 3.63) is 0 Å². The highest BCUT2D eigenvalue weighted by Gasteiger charge is 2.49. The van der Waals surface area contributed by atoms with Crippen molar-refractivity contribution in [1.29, 1.82) is 0 Å². The Kier molecular flexibility index (Phi) is 2.10. The van der Waals surface area contributed by atoms with E-state index in [2.05, 4.69) is 27.7 Å². The van der Waals surface area contributed by atoms with Gasteiger partial charge in [-0.1, -0.05) is 27.7 Å². The van der Waals surface area contributed by atoms with Crippen molar-refractivity contribution in [1.82, 2.24) is 0 Å². The Hall–Kier alpha value is -0.330. The summed E-state index contributed by atoms with van der Waals surface area (Å²) >= 11 is 0. The van der Waals surface area contributed by atoms with Gasteiger partial charge in [-0.05, 0) is 30.6 Å². The molecule has 0 spiro atoms. The molecule has 0 heterocycles. The third-order valence-electron chi connectivity index (χ3n) is 3.38. The van der Waals surface area contributed by atoms with Crippen molar-refractivity contribution in [2.45, 2.75) is 47.5 Å². The van der Waals surface area contributed by atoms with Gasteiger partial charge in [-0.15, -0.1) is 0 Å². The Balaban J connectivity index is 2.96. The molecule has 1 fully saturated rings. The number of hydrogen-bond donors (Lipinski definition) is 0. The zero-order chi connectivity index (χ0) is 9.57. The fourth-order valence-corrected chi connectivity index (χ4v) is 3.09. The summed E-state index contributed by atoms with van der Waals surface area (Å²) in [6.45, 7) is 10.6. The molecule has 1 aliphatic rings. The number of ketones is 1. The largest absolute Gasteiger partial charge is 0.300 e. The van der Waals surface area contributed by atoms with Crippen LogP contribution in [0, 0.1) is 16.7 Å². The van der Waals surface area contributed by atoms with Gasteiger partial charge in [0, 0.05) is 5.92 Å². The van der Waals surface area contributed by atoms with Crippen LogP contribution >= 0.6 is 0 Å². The van der Waals surface area contributed by atoms with Crippen molar-refractivity contribution in [2.75, 3.05) is 0 Å². The number of carbonyl (C=O) groups excluding carboxylic acids is 1. The van der Waals surface area contributed by atoms with Crippen LogP contribution in [0.15, 0.2) is 0 Å². The predicted molar refractivity (Wildman–Crippen MR) is 51.0 cm³/mol. The van der Waals surface area contributed by atoms with Crippen molar-refractivity contribution in [2.24, 2.45) is 16.7 Å². The molecule has 0 aliphatic heterocycles. The fraction of sp³-hybridized carbons (Fsp3) is 0.909. The minimum Gasteiger partial charge on any atom is -0.300 e. The molecule has 1 saturated carbocycles. The number of hydrogen-bond acceptors (Lipinski definition) is 1. The van der Waals surface area contributed by atoms with Crippen LogP contribution in [0.25, 0.3) is 0 Å². The zero-order valence-corrected chi connectivity index (χ0v) is 8.90. The quantitative estimate of drug-likeness (QED) is 0.588. The second kappa shape index (κ2) is 2.58. The van der Waals surface area contributed by atoms with Gasteiger partial charge in [0.25, 0.3) is 0 Å². The first-order valence-electron chi connectivity index (χ1n) is 4.78. The van der Waals surface area contributed by atoms with Gasteiger partial charge in [-0.3, -0.25) is 4.79 Å². The lowest BCUT2D eigenvalue weighted by atomic mass is 9.70. The van der Waals surface area contributed by atoms with E-state index < -0.39 is 0 Å². The van der Waals surface area contributed by atoms with Gasteiger partial charge in [0.05, 0.1) is 0 Å². The summed E-state index contributed by atoms with van der Waals surface area (Å²) in [7, 11) is 0. The lowest BCUT2D eigenvalue weighted by Gasteiger charge is -2.33. The van der Waals surface area contributed by atoms with E-state index >= 15 is 0 Å². The molecular formula is C11H20O. The van der Waals surface area contributed by atoms with Crippen molar-refractivity contribution in [3.8, 4) is 0 Å². The number of carbonyl (C=O) groups is 1. The normalized spacial score (nSPS) is 27.4. The molecule has 12 heavy (non-hydrogen) atoms. The minimum absolute atomic E-state index is 0.218. The summed E-state index contributed by atoms with van der Waals surface area (Å²) < 4.78 is 0. The first kappa shape index (κ1) is 9.76. The van der Waals surface area contributed by atoms with Gasteiger partial charge in [0.1, 0.15) is 5.78 Å². The van der Waals surface area contributed by atoms with Gasteiger partial charge in [0.2, 0.25) is 0 Å². The Bertz CT molecular complexity index is 185. The highest BCUT2D eigenvalue weighted by Crippen LogP contribution is 2.53. The molecule has 0 bridgehead atoms. The smallest absolute Gasteiger partial charge is 0.133 e. The highest BCUT2D eigenvalue weighted by atomic mass is 16.1. The van der Waals surface area contributed by atoms with E-state index in [0.717, 1.165) is 0 Å². The summed E-state index contributed by atoms with van der Waals surface area (Å²) in [5, 5.41) is 0. The molecule has 0 N–H and O–H groups in total. The van der Waals surface area contributed by atoms with Crippen LogP contribution < -0.4 is 0 Å². The first-order valence-corrected chi connectivity index (χ1v) is 4.78. The molecule has 1 rings (SSSR count). The minimum atomic E-state index is 0.218. The van der Waals surface area contributed by atoms with Crippen LogP contribution in [0.1, 0.15) is 47.5 Å².